The average Bonchev–Trinajstić information content (AvgIpc) is 3.03. The Labute approximate surface area is 145 Å². The van der Waals surface area contributed by atoms with Crippen LogP contribution < -0.4 is 5.32 Å². The van der Waals surface area contributed by atoms with E-state index in [-0.39, 0.29) is 17.7 Å². The summed E-state index contributed by atoms with van der Waals surface area (Å²) < 4.78 is 0. The van der Waals surface area contributed by atoms with Crippen LogP contribution in [0.3, 0.4) is 0 Å². The third-order valence-electron chi connectivity index (χ3n) is 4.61. The number of aromatic nitrogens is 1. The molecule has 0 unspecified atom stereocenters. The van der Waals surface area contributed by atoms with Crippen molar-refractivity contribution in [2.45, 2.75) is 25.4 Å². The second-order valence-electron chi connectivity index (χ2n) is 6.37. The number of likely N-dealkylation sites (tertiary alicyclic amines) is 1. The number of nitrogens with one attached hydrogen (secondary N) is 2. The molecule has 0 aliphatic carbocycles. The lowest BCUT2D eigenvalue weighted by molar-refractivity contribution is -0.384. The Morgan fingerprint density at radius 1 is 1.40 bits per heavy atom. The number of nitro groups is 1. The Kier molecular flexibility index (Phi) is 5.30. The molecule has 1 amide bonds. The summed E-state index contributed by atoms with van der Waals surface area (Å²) in [5, 5.41) is 23.8. The molecule has 0 atom stereocenters. The number of carbonyl (C=O) groups is 1. The number of aliphatic hydroxyl groups excluding tert-OH is 1. The fourth-order valence-electron chi connectivity index (χ4n) is 3.15. The zero-order chi connectivity index (χ0) is 17.8. The third-order valence-corrected chi connectivity index (χ3v) is 4.61. The summed E-state index contributed by atoms with van der Waals surface area (Å²) in [6.45, 7) is 3.20. The van der Waals surface area contributed by atoms with Crippen molar-refractivity contribution in [1.82, 2.24) is 15.2 Å². The highest BCUT2D eigenvalue weighted by molar-refractivity contribution is 6.07. The molecule has 0 spiro atoms. The molecule has 3 rings (SSSR count). The molecule has 0 bridgehead atoms. The molecule has 2 aromatic rings. The normalized spacial score (nSPS) is 16.2. The predicted octanol–water partition coefficient (Wildman–Crippen LogP) is 1.65. The Hall–Kier alpha value is -2.45. The molecule has 134 valence electrons. The van der Waals surface area contributed by atoms with Crippen molar-refractivity contribution >= 4 is 22.5 Å². The number of amides is 1. The van der Waals surface area contributed by atoms with Gasteiger partial charge in [-0.15, -0.1) is 0 Å². The van der Waals surface area contributed by atoms with Gasteiger partial charge in [0.2, 0.25) is 0 Å². The van der Waals surface area contributed by atoms with E-state index in [0.717, 1.165) is 38.9 Å². The number of aliphatic hydroxyl groups is 1. The molecule has 25 heavy (non-hydrogen) atoms. The molecule has 0 saturated carbocycles. The molecule has 8 heteroatoms. The van der Waals surface area contributed by atoms with Gasteiger partial charge < -0.3 is 20.3 Å². The first-order chi connectivity index (χ1) is 12.0. The van der Waals surface area contributed by atoms with E-state index in [0.29, 0.717) is 23.0 Å². The molecule has 1 aromatic heterocycles. The molecule has 1 aliphatic heterocycles. The van der Waals surface area contributed by atoms with E-state index in [4.69, 9.17) is 0 Å². The van der Waals surface area contributed by atoms with Crippen LogP contribution in [0, 0.1) is 10.1 Å². The summed E-state index contributed by atoms with van der Waals surface area (Å²) in [5.41, 5.74) is 1.08. The molecule has 1 aliphatic rings. The highest BCUT2D eigenvalue weighted by Crippen LogP contribution is 2.23. The number of rotatable bonds is 6. The minimum atomic E-state index is -0.469. The molecule has 3 N–H and O–H groups in total. The molecule has 0 radical (unpaired) electrons. The van der Waals surface area contributed by atoms with Gasteiger partial charge in [0.25, 0.3) is 11.6 Å². The number of piperidine rings is 1. The Morgan fingerprint density at radius 3 is 2.88 bits per heavy atom. The Bertz CT molecular complexity index is 765. The van der Waals surface area contributed by atoms with E-state index in [9.17, 15) is 20.0 Å². The SMILES string of the molecule is O=C(NCCCN1CCC(O)CC1)c1c[nH]c2ccc([N+](=O)[O-])cc12. The van der Waals surface area contributed by atoms with Gasteiger partial charge in [-0.1, -0.05) is 0 Å². The standard InChI is InChI=1S/C17H22N4O4/c22-13-4-8-20(9-5-13)7-1-6-18-17(23)15-11-19-16-3-2-12(21(24)25)10-14(15)16/h2-3,10-11,13,19,22H,1,4-9H2,(H,18,23). The predicted molar refractivity (Wildman–Crippen MR) is 93.6 cm³/mol. The van der Waals surface area contributed by atoms with E-state index in [1.807, 2.05) is 0 Å². The smallest absolute Gasteiger partial charge is 0.270 e. The highest BCUT2D eigenvalue weighted by Gasteiger charge is 2.17. The van der Waals surface area contributed by atoms with Crippen molar-refractivity contribution < 1.29 is 14.8 Å². The zero-order valence-electron chi connectivity index (χ0n) is 13.9. The molecular weight excluding hydrogens is 324 g/mol. The van der Waals surface area contributed by atoms with Crippen molar-refractivity contribution in [2.75, 3.05) is 26.2 Å². The summed E-state index contributed by atoms with van der Waals surface area (Å²) in [6.07, 6.45) is 3.84. The second-order valence-corrected chi connectivity index (χ2v) is 6.37. The van der Waals surface area contributed by atoms with Crippen LogP contribution in [-0.2, 0) is 0 Å². The molecule has 2 heterocycles. The van der Waals surface area contributed by atoms with E-state index in [1.165, 1.54) is 12.1 Å². The fraction of sp³-hybridized carbons (Fsp3) is 0.471. The topological polar surface area (TPSA) is 112 Å². The van der Waals surface area contributed by atoms with Gasteiger partial charge in [-0.05, 0) is 31.9 Å². The van der Waals surface area contributed by atoms with Gasteiger partial charge >= 0.3 is 0 Å². The maximum Gasteiger partial charge on any atom is 0.270 e. The van der Waals surface area contributed by atoms with Gasteiger partial charge in [-0.25, -0.2) is 0 Å². The summed E-state index contributed by atoms with van der Waals surface area (Å²) in [5.74, 6) is -0.235. The Balaban J connectivity index is 1.54. The van der Waals surface area contributed by atoms with Crippen LogP contribution in [0.1, 0.15) is 29.6 Å². The lowest BCUT2D eigenvalue weighted by atomic mass is 10.1. The Morgan fingerprint density at radius 2 is 2.16 bits per heavy atom. The quantitative estimate of drug-likeness (QED) is 0.418. The maximum atomic E-state index is 12.3. The zero-order valence-corrected chi connectivity index (χ0v) is 13.9. The maximum absolute atomic E-state index is 12.3. The van der Waals surface area contributed by atoms with Crippen molar-refractivity contribution in [3.63, 3.8) is 0 Å². The number of hydrogen-bond donors (Lipinski definition) is 3. The highest BCUT2D eigenvalue weighted by atomic mass is 16.6. The van der Waals surface area contributed by atoms with Crippen LogP contribution in [0.2, 0.25) is 0 Å². The number of aromatic amines is 1. The minimum absolute atomic E-state index is 0.0339. The largest absolute Gasteiger partial charge is 0.393 e. The van der Waals surface area contributed by atoms with Gasteiger partial charge in [-0.2, -0.15) is 0 Å². The number of benzene rings is 1. The third kappa shape index (κ3) is 4.15. The van der Waals surface area contributed by atoms with E-state index in [2.05, 4.69) is 15.2 Å². The van der Waals surface area contributed by atoms with Crippen LogP contribution in [0.4, 0.5) is 5.69 Å². The van der Waals surface area contributed by atoms with E-state index in [1.54, 1.807) is 12.3 Å². The number of nitro benzene ring substituents is 1. The summed E-state index contributed by atoms with van der Waals surface area (Å²) in [4.78, 5) is 28.0. The van der Waals surface area contributed by atoms with Crippen LogP contribution >= 0.6 is 0 Å². The number of carbonyl (C=O) groups excluding carboxylic acids is 1. The molecular formula is C17H22N4O4. The van der Waals surface area contributed by atoms with Gasteiger partial charge in [0.1, 0.15) is 0 Å². The lowest BCUT2D eigenvalue weighted by Gasteiger charge is -2.29. The number of fused-ring (bicyclic) bond motifs is 1. The lowest BCUT2D eigenvalue weighted by Crippen LogP contribution is -2.37. The van der Waals surface area contributed by atoms with Gasteiger partial charge in [0.15, 0.2) is 0 Å². The van der Waals surface area contributed by atoms with Crippen LogP contribution in [0.5, 0.6) is 0 Å². The van der Waals surface area contributed by atoms with Crippen molar-refractivity contribution in [3.05, 3.63) is 40.1 Å². The first-order valence-corrected chi connectivity index (χ1v) is 8.49. The summed E-state index contributed by atoms with van der Waals surface area (Å²) in [7, 11) is 0. The summed E-state index contributed by atoms with van der Waals surface area (Å²) in [6, 6.07) is 4.44. The second kappa shape index (κ2) is 7.62. The molecule has 8 nitrogen and oxygen atoms in total. The molecule has 1 aromatic carbocycles. The molecule has 1 fully saturated rings. The van der Waals surface area contributed by atoms with Crippen molar-refractivity contribution in [1.29, 1.82) is 0 Å². The number of hydrogen-bond acceptors (Lipinski definition) is 5. The van der Waals surface area contributed by atoms with Crippen LogP contribution in [0.25, 0.3) is 10.9 Å². The number of nitrogens with zero attached hydrogens (tertiary/aromatic N) is 2. The fourth-order valence-corrected chi connectivity index (χ4v) is 3.15. The first kappa shape index (κ1) is 17.4. The first-order valence-electron chi connectivity index (χ1n) is 8.49. The minimum Gasteiger partial charge on any atom is -0.393 e. The van der Waals surface area contributed by atoms with E-state index < -0.39 is 4.92 Å². The van der Waals surface area contributed by atoms with E-state index >= 15 is 0 Å². The van der Waals surface area contributed by atoms with Crippen LogP contribution in [-0.4, -0.2) is 58.1 Å². The van der Waals surface area contributed by atoms with Gasteiger partial charge in [0, 0.05) is 48.9 Å². The number of non-ortho nitro benzene ring substituents is 1. The van der Waals surface area contributed by atoms with Gasteiger partial charge in [0.05, 0.1) is 16.6 Å². The summed E-state index contributed by atoms with van der Waals surface area (Å²) >= 11 is 0. The average molecular weight is 346 g/mol. The number of H-pyrrole nitrogens is 1. The molecule has 1 saturated heterocycles. The van der Waals surface area contributed by atoms with Crippen LogP contribution in [0.15, 0.2) is 24.4 Å². The monoisotopic (exact) mass is 346 g/mol. The van der Waals surface area contributed by atoms with Crippen molar-refractivity contribution in [2.24, 2.45) is 0 Å². The van der Waals surface area contributed by atoms with Crippen molar-refractivity contribution in [3.8, 4) is 0 Å². The van der Waals surface area contributed by atoms with Gasteiger partial charge in [-0.3, -0.25) is 14.9 Å².